The molecule has 0 spiro atoms. The van der Waals surface area contributed by atoms with Crippen molar-refractivity contribution in [3.63, 3.8) is 0 Å². The van der Waals surface area contributed by atoms with Crippen molar-refractivity contribution in [1.82, 2.24) is 10.2 Å². The Bertz CT molecular complexity index is 641. The Morgan fingerprint density at radius 3 is 2.70 bits per heavy atom. The van der Waals surface area contributed by atoms with E-state index < -0.39 is 0 Å². The molecule has 6 heteroatoms. The summed E-state index contributed by atoms with van der Waals surface area (Å²) in [4.78, 5) is 14.7. The van der Waals surface area contributed by atoms with E-state index in [2.05, 4.69) is 38.3 Å². The fourth-order valence-corrected chi connectivity index (χ4v) is 3.88. The monoisotopic (exact) mass is 394 g/mol. The normalized spacial score (nSPS) is 16.9. The summed E-state index contributed by atoms with van der Waals surface area (Å²) in [6.07, 6.45) is 0. The van der Waals surface area contributed by atoms with Gasteiger partial charge in [-0.05, 0) is 27.6 Å². The Morgan fingerprint density at radius 2 is 2.04 bits per heavy atom. The fourth-order valence-electron chi connectivity index (χ4n) is 2.74. The first kappa shape index (κ1) is 16.6. The second-order valence-corrected chi connectivity index (χ2v) is 7.71. The van der Waals surface area contributed by atoms with Crippen LogP contribution < -0.4 is 5.32 Å². The standard InChI is InChI=1S/C17H19BrN2O2S/c18-16-10-14(12-23-16)17(21)19-11-15(13-4-2-1-3-5-13)20-6-8-22-9-7-20/h1-5,10,12,15H,6-9,11H2,(H,19,21). The lowest BCUT2D eigenvalue weighted by atomic mass is 10.0. The third-order valence-corrected chi connectivity index (χ3v) is 5.46. The molecule has 0 bridgehead atoms. The first-order valence-corrected chi connectivity index (χ1v) is 9.30. The average Bonchev–Trinajstić information content (AvgIpc) is 3.03. The summed E-state index contributed by atoms with van der Waals surface area (Å²) in [6.45, 7) is 3.86. The third kappa shape index (κ3) is 4.41. The minimum absolute atomic E-state index is 0.0267. The van der Waals surface area contributed by atoms with Gasteiger partial charge in [-0.25, -0.2) is 0 Å². The molecule has 3 rings (SSSR count). The minimum atomic E-state index is -0.0267. The molecule has 1 fully saturated rings. The van der Waals surface area contributed by atoms with E-state index in [1.54, 1.807) is 0 Å². The largest absolute Gasteiger partial charge is 0.379 e. The van der Waals surface area contributed by atoms with Gasteiger partial charge in [-0.1, -0.05) is 30.3 Å². The number of rotatable bonds is 5. The predicted octanol–water partition coefficient (Wildman–Crippen LogP) is 3.31. The van der Waals surface area contributed by atoms with Gasteiger partial charge in [-0.15, -0.1) is 11.3 Å². The highest BCUT2D eigenvalue weighted by atomic mass is 79.9. The van der Waals surface area contributed by atoms with Crippen LogP contribution in [-0.4, -0.2) is 43.7 Å². The number of ether oxygens (including phenoxy) is 1. The van der Waals surface area contributed by atoms with Crippen molar-refractivity contribution >= 4 is 33.2 Å². The number of morpholine rings is 1. The van der Waals surface area contributed by atoms with Gasteiger partial charge in [-0.3, -0.25) is 9.69 Å². The average molecular weight is 395 g/mol. The molecule has 1 aliphatic rings. The highest BCUT2D eigenvalue weighted by Crippen LogP contribution is 2.23. The first-order chi connectivity index (χ1) is 11.2. The number of benzene rings is 1. The Labute approximate surface area is 148 Å². The van der Waals surface area contributed by atoms with E-state index in [0.717, 1.165) is 30.1 Å². The lowest BCUT2D eigenvalue weighted by Crippen LogP contribution is -2.43. The van der Waals surface area contributed by atoms with Gasteiger partial charge in [0.2, 0.25) is 0 Å². The van der Waals surface area contributed by atoms with Crippen molar-refractivity contribution in [1.29, 1.82) is 0 Å². The molecule has 1 aromatic heterocycles. The van der Waals surface area contributed by atoms with Crippen LogP contribution in [0, 0.1) is 0 Å². The maximum Gasteiger partial charge on any atom is 0.252 e. The zero-order valence-electron chi connectivity index (χ0n) is 12.7. The van der Waals surface area contributed by atoms with Gasteiger partial charge >= 0.3 is 0 Å². The summed E-state index contributed by atoms with van der Waals surface area (Å²) >= 11 is 4.92. The molecular weight excluding hydrogens is 376 g/mol. The molecule has 0 saturated carbocycles. The second kappa shape index (κ2) is 8.06. The summed E-state index contributed by atoms with van der Waals surface area (Å²) in [6, 6.07) is 12.4. The first-order valence-electron chi connectivity index (χ1n) is 7.63. The quantitative estimate of drug-likeness (QED) is 0.845. The Morgan fingerprint density at radius 1 is 1.30 bits per heavy atom. The number of thiophene rings is 1. The van der Waals surface area contributed by atoms with E-state index in [-0.39, 0.29) is 11.9 Å². The van der Waals surface area contributed by atoms with Crippen LogP contribution in [0.3, 0.4) is 0 Å². The summed E-state index contributed by atoms with van der Waals surface area (Å²) < 4.78 is 6.42. The van der Waals surface area contributed by atoms with Crippen LogP contribution >= 0.6 is 27.3 Å². The molecule has 122 valence electrons. The molecule has 1 unspecified atom stereocenters. The topological polar surface area (TPSA) is 41.6 Å². The molecule has 1 atom stereocenters. The van der Waals surface area contributed by atoms with Gasteiger partial charge in [0.05, 0.1) is 28.6 Å². The van der Waals surface area contributed by atoms with Gasteiger partial charge in [0.25, 0.3) is 5.91 Å². The van der Waals surface area contributed by atoms with Crippen LogP contribution in [0.4, 0.5) is 0 Å². The maximum atomic E-state index is 12.3. The predicted molar refractivity (Wildman–Crippen MR) is 95.9 cm³/mol. The lowest BCUT2D eigenvalue weighted by Gasteiger charge is -2.34. The molecule has 1 aliphatic heterocycles. The molecule has 0 radical (unpaired) electrons. The van der Waals surface area contributed by atoms with E-state index >= 15 is 0 Å². The summed E-state index contributed by atoms with van der Waals surface area (Å²) in [5.41, 5.74) is 1.93. The van der Waals surface area contributed by atoms with Crippen molar-refractivity contribution in [2.45, 2.75) is 6.04 Å². The van der Waals surface area contributed by atoms with Gasteiger partial charge in [-0.2, -0.15) is 0 Å². The molecule has 1 saturated heterocycles. The number of nitrogens with one attached hydrogen (secondary N) is 1. The van der Waals surface area contributed by atoms with Crippen LogP contribution in [0.15, 0.2) is 45.6 Å². The maximum absolute atomic E-state index is 12.3. The highest BCUT2D eigenvalue weighted by molar-refractivity contribution is 9.11. The van der Waals surface area contributed by atoms with E-state index in [4.69, 9.17) is 4.74 Å². The molecule has 2 aromatic rings. The Hall–Kier alpha value is -1.21. The van der Waals surface area contributed by atoms with Gasteiger partial charge in [0, 0.05) is 25.0 Å². The van der Waals surface area contributed by atoms with E-state index in [1.807, 2.05) is 29.6 Å². The van der Waals surface area contributed by atoms with Crippen molar-refractivity contribution in [2.75, 3.05) is 32.8 Å². The van der Waals surface area contributed by atoms with Crippen LogP contribution in [0.2, 0.25) is 0 Å². The van der Waals surface area contributed by atoms with E-state index in [1.165, 1.54) is 16.9 Å². The third-order valence-electron chi connectivity index (χ3n) is 3.96. The van der Waals surface area contributed by atoms with Crippen molar-refractivity contribution in [3.8, 4) is 0 Å². The second-order valence-electron chi connectivity index (χ2n) is 5.42. The van der Waals surface area contributed by atoms with E-state index in [0.29, 0.717) is 12.1 Å². The number of amides is 1. The molecule has 0 aliphatic carbocycles. The van der Waals surface area contributed by atoms with Crippen LogP contribution in [-0.2, 0) is 4.74 Å². The van der Waals surface area contributed by atoms with E-state index in [9.17, 15) is 4.79 Å². The number of carbonyl (C=O) groups excluding carboxylic acids is 1. The van der Waals surface area contributed by atoms with Crippen molar-refractivity contribution in [3.05, 3.63) is 56.7 Å². The molecule has 1 N–H and O–H groups in total. The Balaban J connectivity index is 1.69. The summed E-state index contributed by atoms with van der Waals surface area (Å²) in [7, 11) is 0. The molecular formula is C17H19BrN2O2S. The molecule has 1 amide bonds. The summed E-state index contributed by atoms with van der Waals surface area (Å²) in [5.74, 6) is -0.0267. The number of hydrogen-bond acceptors (Lipinski definition) is 4. The number of nitrogens with zero attached hydrogens (tertiary/aromatic N) is 1. The summed E-state index contributed by atoms with van der Waals surface area (Å²) in [5, 5.41) is 4.94. The SMILES string of the molecule is O=C(NCC(c1ccccc1)N1CCOCC1)c1csc(Br)c1. The van der Waals surface area contributed by atoms with Crippen LogP contribution in [0.5, 0.6) is 0 Å². The van der Waals surface area contributed by atoms with Crippen molar-refractivity contribution < 1.29 is 9.53 Å². The van der Waals surface area contributed by atoms with Crippen LogP contribution in [0.1, 0.15) is 22.0 Å². The minimum Gasteiger partial charge on any atom is -0.379 e. The fraction of sp³-hybridized carbons (Fsp3) is 0.353. The zero-order chi connectivity index (χ0) is 16.1. The van der Waals surface area contributed by atoms with Crippen LogP contribution in [0.25, 0.3) is 0 Å². The lowest BCUT2D eigenvalue weighted by molar-refractivity contribution is 0.0162. The number of halogens is 1. The number of carbonyl (C=O) groups is 1. The van der Waals surface area contributed by atoms with Gasteiger partial charge < -0.3 is 10.1 Å². The zero-order valence-corrected chi connectivity index (χ0v) is 15.1. The van der Waals surface area contributed by atoms with Gasteiger partial charge in [0.15, 0.2) is 0 Å². The molecule has 4 nitrogen and oxygen atoms in total. The molecule has 23 heavy (non-hydrogen) atoms. The van der Waals surface area contributed by atoms with Gasteiger partial charge in [0.1, 0.15) is 0 Å². The Kier molecular flexibility index (Phi) is 5.83. The van der Waals surface area contributed by atoms with Crippen molar-refractivity contribution in [2.24, 2.45) is 0 Å². The highest BCUT2D eigenvalue weighted by Gasteiger charge is 2.23. The molecule has 1 aromatic carbocycles. The number of hydrogen-bond donors (Lipinski definition) is 1. The molecule has 2 heterocycles. The smallest absolute Gasteiger partial charge is 0.252 e.